The van der Waals surface area contributed by atoms with Crippen LogP contribution in [0.15, 0.2) is 0 Å². The summed E-state index contributed by atoms with van der Waals surface area (Å²) in [4.78, 5) is 0. The average Bonchev–Trinajstić information content (AvgIpc) is 3.68. The summed E-state index contributed by atoms with van der Waals surface area (Å²) in [5, 5.41) is 9.12. The predicted molar refractivity (Wildman–Crippen MR) is 189 cm³/mol. The number of halogens is 12. The van der Waals surface area contributed by atoms with E-state index in [1.165, 1.54) is 6.92 Å². The number of aliphatic hydroxyl groups is 1. The number of rotatable bonds is 8. The number of hydrogen-bond donors (Lipinski definition) is 1. The lowest BCUT2D eigenvalue weighted by molar-refractivity contribution is -0.411. The molecule has 53 heavy (non-hydrogen) atoms. The first kappa shape index (κ1) is 58.7. The molecule has 4 rings (SSSR count). The third-order valence-electron chi connectivity index (χ3n) is 9.50. The molecule has 0 aromatic heterocycles. The van der Waals surface area contributed by atoms with Gasteiger partial charge in [-0.15, -0.1) is 0 Å². The van der Waals surface area contributed by atoms with Gasteiger partial charge in [0.15, 0.2) is 6.29 Å². The Hall–Kier alpha value is -0.960. The van der Waals surface area contributed by atoms with E-state index in [-0.39, 0.29) is 60.0 Å². The molecule has 4 aliphatic rings. The zero-order chi connectivity index (χ0) is 38.4. The van der Waals surface area contributed by atoms with Gasteiger partial charge < -0.3 is 14.6 Å². The number of ether oxygens (including phenoxy) is 2. The van der Waals surface area contributed by atoms with Crippen LogP contribution in [0.25, 0.3) is 0 Å². The van der Waals surface area contributed by atoms with E-state index in [0.29, 0.717) is 32.1 Å². The zero-order valence-electron chi connectivity index (χ0n) is 29.8. The van der Waals surface area contributed by atoms with Crippen LogP contribution in [0.2, 0.25) is 0 Å². The van der Waals surface area contributed by atoms with Crippen molar-refractivity contribution in [3.63, 3.8) is 0 Å². The van der Waals surface area contributed by atoms with E-state index >= 15 is 0 Å². The van der Waals surface area contributed by atoms with Crippen molar-refractivity contribution in [1.29, 1.82) is 0 Å². The van der Waals surface area contributed by atoms with Gasteiger partial charge in [0.2, 0.25) is 0 Å². The Morgan fingerprint density at radius 3 is 1.08 bits per heavy atom. The van der Waals surface area contributed by atoms with Crippen molar-refractivity contribution >= 4 is 0 Å². The van der Waals surface area contributed by atoms with E-state index in [0.717, 1.165) is 38.0 Å². The Bertz CT molecular complexity index is 921. The zero-order valence-corrected chi connectivity index (χ0v) is 29.8. The molecule has 0 radical (unpaired) electrons. The number of fused-ring (bicyclic) bond motifs is 4. The third kappa shape index (κ3) is 16.2. The lowest BCUT2D eigenvalue weighted by Gasteiger charge is -2.41. The van der Waals surface area contributed by atoms with Gasteiger partial charge in [-0.2, -0.15) is 52.7 Å². The molecule has 0 spiro atoms. The summed E-state index contributed by atoms with van der Waals surface area (Å²) < 4.78 is 165. The van der Waals surface area contributed by atoms with E-state index in [9.17, 15) is 52.7 Å². The topological polar surface area (TPSA) is 38.7 Å². The lowest BCUT2D eigenvalue weighted by atomic mass is 9.79. The molecule has 7 atom stereocenters. The molecule has 7 unspecified atom stereocenters. The molecule has 0 aromatic carbocycles. The Labute approximate surface area is 312 Å². The summed E-state index contributed by atoms with van der Waals surface area (Å²) >= 11 is 0. The summed E-state index contributed by atoms with van der Waals surface area (Å²) in [7, 11) is 0. The van der Waals surface area contributed by atoms with Gasteiger partial charge in [0.1, 0.15) is 0 Å². The average molecular weight is 805 g/mol. The maximum absolute atomic E-state index is 13.5. The summed E-state index contributed by atoms with van der Waals surface area (Å²) in [6.45, 7) is 15.5. The van der Waals surface area contributed by atoms with Crippen LogP contribution in [0.1, 0.15) is 149 Å². The molecule has 4 bridgehead atoms. The second-order valence-electron chi connectivity index (χ2n) is 15.6. The molecule has 326 valence electrons. The van der Waals surface area contributed by atoms with Gasteiger partial charge in [0.05, 0.1) is 0 Å². The lowest BCUT2D eigenvalue weighted by Crippen LogP contribution is -2.61. The molecule has 4 saturated carbocycles. The van der Waals surface area contributed by atoms with Crippen LogP contribution >= 0.6 is 0 Å². The van der Waals surface area contributed by atoms with Crippen molar-refractivity contribution in [2.24, 2.45) is 47.3 Å². The van der Waals surface area contributed by atoms with Crippen LogP contribution in [-0.4, -0.2) is 53.9 Å². The standard InChI is InChI=1S/C15H22F6O2.C11H14F6O.2C4H10.4CH4/c1-3-22-9(2)23-13(14(16,17)18,15(19,20)21)8-12-7-10-4-5-11(12)6-10;12-10(13,14)9(18,11(15,16)17)5-8-4-6-1-2-7(8)3-6;2*1-4(2)3;;;;/h9-12H,3-8H2,1-2H3;6-8,18H,1-5H2;2*4H,1-3H3;4*1H4. The van der Waals surface area contributed by atoms with Crippen LogP contribution in [-0.2, 0) is 9.47 Å². The summed E-state index contributed by atoms with van der Waals surface area (Å²) in [5.41, 5.74) is -8.72. The van der Waals surface area contributed by atoms with Gasteiger partial charge in [-0.05, 0) is 113 Å². The SMILES string of the molecule is C.C.C.C.CC(C)C.CC(C)C.CCOC(C)OC(CC1CC2CCC1C2)(C(F)(F)F)C(F)(F)F.OC(CC1CC2CCC1C2)(C(F)(F)F)C(F)(F)F. The summed E-state index contributed by atoms with van der Waals surface area (Å²) in [5.74, 6) is 0.739. The van der Waals surface area contributed by atoms with Gasteiger partial charge in [-0.3, -0.25) is 0 Å². The highest BCUT2D eigenvalue weighted by molar-refractivity contribution is 5.02. The maximum Gasteiger partial charge on any atom is 0.426 e. The molecule has 0 heterocycles. The normalized spacial score (nSPS) is 25.6. The summed E-state index contributed by atoms with van der Waals surface area (Å²) in [6, 6.07) is 0. The van der Waals surface area contributed by atoms with Crippen molar-refractivity contribution in [3.05, 3.63) is 0 Å². The number of hydrogen-bond acceptors (Lipinski definition) is 3. The highest BCUT2D eigenvalue weighted by atomic mass is 19.4. The highest BCUT2D eigenvalue weighted by Gasteiger charge is 2.74. The van der Waals surface area contributed by atoms with Crippen molar-refractivity contribution < 1.29 is 67.3 Å². The van der Waals surface area contributed by atoms with Crippen LogP contribution in [0.4, 0.5) is 52.7 Å². The van der Waals surface area contributed by atoms with E-state index in [2.05, 4.69) is 46.3 Å². The minimum Gasteiger partial charge on any atom is -0.374 e. The fourth-order valence-corrected chi connectivity index (χ4v) is 7.52. The van der Waals surface area contributed by atoms with Crippen LogP contribution in [0, 0.1) is 47.3 Å². The van der Waals surface area contributed by atoms with E-state index in [4.69, 9.17) is 9.84 Å². The second kappa shape index (κ2) is 22.7. The Balaban J connectivity index is -0.000000359. The van der Waals surface area contributed by atoms with Gasteiger partial charge in [0.25, 0.3) is 11.2 Å². The monoisotopic (exact) mass is 805 g/mol. The van der Waals surface area contributed by atoms with Gasteiger partial charge >= 0.3 is 24.7 Å². The fourth-order valence-electron chi connectivity index (χ4n) is 7.52. The molecule has 0 saturated heterocycles. The molecular formula is C38H72F12O3. The second-order valence-corrected chi connectivity index (χ2v) is 15.6. The van der Waals surface area contributed by atoms with Crippen molar-refractivity contribution in [2.75, 3.05) is 6.61 Å². The summed E-state index contributed by atoms with van der Waals surface area (Å²) in [6.07, 6.45) is -20.9. The van der Waals surface area contributed by atoms with Crippen LogP contribution in [0.3, 0.4) is 0 Å². The minimum absolute atomic E-state index is 0. The minimum atomic E-state index is -5.67. The largest absolute Gasteiger partial charge is 0.426 e. The molecule has 15 heteroatoms. The van der Waals surface area contributed by atoms with Crippen LogP contribution < -0.4 is 0 Å². The predicted octanol–water partition coefficient (Wildman–Crippen LogP) is 14.6. The van der Waals surface area contributed by atoms with Gasteiger partial charge in [-0.1, -0.05) is 84.1 Å². The molecule has 4 aliphatic carbocycles. The molecule has 0 amide bonds. The Morgan fingerprint density at radius 1 is 0.528 bits per heavy atom. The molecular weight excluding hydrogens is 732 g/mol. The van der Waals surface area contributed by atoms with E-state index < -0.39 is 66.9 Å². The first-order valence-corrected chi connectivity index (χ1v) is 17.3. The van der Waals surface area contributed by atoms with Crippen molar-refractivity contribution in [1.82, 2.24) is 0 Å². The Morgan fingerprint density at radius 2 is 0.849 bits per heavy atom. The van der Waals surface area contributed by atoms with E-state index in [1.807, 2.05) is 0 Å². The van der Waals surface area contributed by atoms with Crippen LogP contribution in [0.5, 0.6) is 0 Å². The van der Waals surface area contributed by atoms with E-state index in [1.54, 1.807) is 0 Å². The molecule has 4 fully saturated rings. The molecule has 3 nitrogen and oxygen atoms in total. The molecule has 0 aliphatic heterocycles. The third-order valence-corrected chi connectivity index (χ3v) is 9.50. The van der Waals surface area contributed by atoms with Crippen molar-refractivity contribution in [3.8, 4) is 0 Å². The van der Waals surface area contributed by atoms with Gasteiger partial charge in [-0.25, -0.2) is 0 Å². The smallest absolute Gasteiger partial charge is 0.374 e. The quantitative estimate of drug-likeness (QED) is 0.196. The molecule has 1 N–H and O–H groups in total. The first-order valence-electron chi connectivity index (χ1n) is 17.3. The maximum atomic E-state index is 13.5. The van der Waals surface area contributed by atoms with Crippen molar-refractivity contribution in [2.45, 2.75) is 192 Å². The van der Waals surface area contributed by atoms with Gasteiger partial charge in [0, 0.05) is 6.61 Å². The molecule has 0 aromatic rings. The fraction of sp³-hybridized carbons (Fsp3) is 1.00. The number of alkyl halides is 12. The highest BCUT2D eigenvalue weighted by Crippen LogP contribution is 2.58. The first-order chi connectivity index (χ1) is 22.0. The Kier molecular flexibility index (Phi) is 25.2.